The molecule has 20 heavy (non-hydrogen) atoms. The maximum Gasteiger partial charge on any atom is 0.203 e. The number of likely N-dealkylation sites (tertiary alicyclic amines) is 1. The highest BCUT2D eigenvalue weighted by atomic mass is 32.1. The molecule has 0 atom stereocenters. The van der Waals surface area contributed by atoms with Crippen molar-refractivity contribution in [2.75, 3.05) is 25.4 Å². The monoisotopic (exact) mass is 309 g/mol. The third-order valence-corrected chi connectivity index (χ3v) is 5.70. The highest BCUT2D eigenvalue weighted by Gasteiger charge is 2.16. The lowest BCUT2D eigenvalue weighted by Crippen LogP contribution is -2.34. The Kier molecular flexibility index (Phi) is 4.28. The zero-order valence-electron chi connectivity index (χ0n) is 11.6. The van der Waals surface area contributed by atoms with Gasteiger partial charge in [-0.2, -0.15) is 0 Å². The van der Waals surface area contributed by atoms with Crippen LogP contribution in [0.3, 0.4) is 0 Å². The number of anilines is 1. The molecule has 0 spiro atoms. The number of nitrogens with two attached hydrogens (primary N) is 1. The minimum Gasteiger partial charge on any atom is -0.374 e. The van der Waals surface area contributed by atoms with Gasteiger partial charge in [0.15, 0.2) is 5.01 Å². The molecule has 0 amide bonds. The van der Waals surface area contributed by atoms with E-state index in [-0.39, 0.29) is 0 Å². The van der Waals surface area contributed by atoms with Crippen molar-refractivity contribution in [3.63, 3.8) is 0 Å². The second-order valence-corrected chi connectivity index (χ2v) is 7.46. The second kappa shape index (κ2) is 6.15. The van der Waals surface area contributed by atoms with E-state index in [1.165, 1.54) is 42.3 Å². The summed E-state index contributed by atoms with van der Waals surface area (Å²) in [7, 11) is 0. The highest BCUT2D eigenvalue weighted by molar-refractivity contribution is 7.23. The Labute approximate surface area is 126 Å². The van der Waals surface area contributed by atoms with E-state index in [9.17, 15) is 0 Å². The van der Waals surface area contributed by atoms with Crippen molar-refractivity contribution >= 4 is 27.8 Å². The van der Waals surface area contributed by atoms with Crippen LogP contribution in [0.2, 0.25) is 0 Å². The summed E-state index contributed by atoms with van der Waals surface area (Å²) in [5.74, 6) is 0.889. The standard InChI is InChI=1S/C13H19N5S2/c1-9-2-5-18(6-3-9)7-4-11-15-8-10(19-11)12-16-17-13(14)20-12/h8-9H,2-7H2,1H3,(H2,14,17). The van der Waals surface area contributed by atoms with Gasteiger partial charge in [0.2, 0.25) is 5.13 Å². The van der Waals surface area contributed by atoms with E-state index in [2.05, 4.69) is 27.0 Å². The molecule has 2 aromatic heterocycles. The van der Waals surface area contributed by atoms with Gasteiger partial charge in [-0.15, -0.1) is 21.5 Å². The maximum atomic E-state index is 5.61. The summed E-state index contributed by atoms with van der Waals surface area (Å²) in [6.07, 6.45) is 5.56. The molecular formula is C13H19N5S2. The van der Waals surface area contributed by atoms with Crippen LogP contribution in [0, 0.1) is 5.92 Å². The molecule has 108 valence electrons. The number of piperidine rings is 1. The topological polar surface area (TPSA) is 67.9 Å². The Bertz CT molecular complexity index is 557. The molecule has 3 rings (SSSR count). The van der Waals surface area contributed by atoms with Gasteiger partial charge in [-0.25, -0.2) is 4.98 Å². The Hall–Kier alpha value is -1.05. The average molecular weight is 309 g/mol. The van der Waals surface area contributed by atoms with Crippen LogP contribution in [0.4, 0.5) is 5.13 Å². The van der Waals surface area contributed by atoms with Crippen LogP contribution >= 0.6 is 22.7 Å². The number of nitrogen functional groups attached to an aromatic ring is 1. The van der Waals surface area contributed by atoms with Crippen molar-refractivity contribution in [3.8, 4) is 9.88 Å². The zero-order chi connectivity index (χ0) is 13.9. The molecule has 3 heterocycles. The molecule has 0 radical (unpaired) electrons. The maximum absolute atomic E-state index is 5.61. The van der Waals surface area contributed by atoms with Crippen LogP contribution in [0.25, 0.3) is 9.88 Å². The quantitative estimate of drug-likeness (QED) is 0.940. The number of rotatable bonds is 4. The molecule has 1 saturated heterocycles. The smallest absolute Gasteiger partial charge is 0.203 e. The van der Waals surface area contributed by atoms with Gasteiger partial charge in [-0.1, -0.05) is 18.3 Å². The second-order valence-electron chi connectivity index (χ2n) is 5.34. The Morgan fingerprint density at radius 3 is 2.80 bits per heavy atom. The molecule has 0 saturated carbocycles. The van der Waals surface area contributed by atoms with Gasteiger partial charge in [0, 0.05) is 19.2 Å². The first-order chi connectivity index (χ1) is 9.70. The van der Waals surface area contributed by atoms with Gasteiger partial charge in [0.05, 0.1) is 9.88 Å². The lowest BCUT2D eigenvalue weighted by molar-refractivity contribution is 0.194. The average Bonchev–Trinajstić information content (AvgIpc) is 3.07. The van der Waals surface area contributed by atoms with Crippen LogP contribution in [-0.2, 0) is 6.42 Å². The molecule has 0 bridgehead atoms. The number of thiazole rings is 1. The lowest BCUT2D eigenvalue weighted by Gasteiger charge is -2.29. The largest absolute Gasteiger partial charge is 0.374 e. The summed E-state index contributed by atoms with van der Waals surface area (Å²) < 4.78 is 0. The van der Waals surface area contributed by atoms with Crippen molar-refractivity contribution < 1.29 is 0 Å². The highest BCUT2D eigenvalue weighted by Crippen LogP contribution is 2.29. The lowest BCUT2D eigenvalue weighted by atomic mass is 9.99. The van der Waals surface area contributed by atoms with E-state index in [0.29, 0.717) is 5.13 Å². The van der Waals surface area contributed by atoms with Crippen molar-refractivity contribution in [2.45, 2.75) is 26.2 Å². The molecule has 0 aliphatic carbocycles. The summed E-state index contributed by atoms with van der Waals surface area (Å²) in [4.78, 5) is 8.11. The fourth-order valence-corrected chi connectivity index (χ4v) is 3.95. The normalized spacial score (nSPS) is 17.6. The van der Waals surface area contributed by atoms with Gasteiger partial charge >= 0.3 is 0 Å². The predicted octanol–water partition coefficient (Wildman–Crippen LogP) is 2.52. The molecule has 1 fully saturated rings. The third kappa shape index (κ3) is 3.34. The predicted molar refractivity (Wildman–Crippen MR) is 84.0 cm³/mol. The van der Waals surface area contributed by atoms with E-state index in [4.69, 9.17) is 5.73 Å². The third-order valence-electron chi connectivity index (χ3n) is 3.72. The zero-order valence-corrected chi connectivity index (χ0v) is 13.2. The number of hydrogen-bond acceptors (Lipinski definition) is 7. The van der Waals surface area contributed by atoms with Crippen LogP contribution in [0.5, 0.6) is 0 Å². The van der Waals surface area contributed by atoms with Gasteiger partial charge in [-0.3, -0.25) is 0 Å². The van der Waals surface area contributed by atoms with Crippen molar-refractivity contribution in [3.05, 3.63) is 11.2 Å². The van der Waals surface area contributed by atoms with Crippen LogP contribution in [0.15, 0.2) is 6.20 Å². The molecule has 0 unspecified atom stereocenters. The van der Waals surface area contributed by atoms with Crippen molar-refractivity contribution in [1.29, 1.82) is 0 Å². The van der Waals surface area contributed by atoms with Gasteiger partial charge in [0.25, 0.3) is 0 Å². The first kappa shape index (κ1) is 13.9. The van der Waals surface area contributed by atoms with E-state index in [1.807, 2.05) is 6.20 Å². The fourth-order valence-electron chi connectivity index (χ4n) is 2.40. The Balaban J connectivity index is 1.55. The number of aromatic nitrogens is 3. The van der Waals surface area contributed by atoms with E-state index >= 15 is 0 Å². The molecule has 1 aliphatic heterocycles. The van der Waals surface area contributed by atoms with Crippen LogP contribution in [-0.4, -0.2) is 39.7 Å². The van der Waals surface area contributed by atoms with E-state index < -0.39 is 0 Å². The van der Waals surface area contributed by atoms with Crippen molar-refractivity contribution in [2.24, 2.45) is 5.92 Å². The van der Waals surface area contributed by atoms with Crippen LogP contribution in [0.1, 0.15) is 24.8 Å². The van der Waals surface area contributed by atoms with Gasteiger partial charge in [0.1, 0.15) is 0 Å². The van der Waals surface area contributed by atoms with E-state index in [1.54, 1.807) is 11.3 Å². The Morgan fingerprint density at radius 1 is 1.30 bits per heavy atom. The molecule has 2 aromatic rings. The molecule has 0 aromatic carbocycles. The molecule has 1 aliphatic rings. The minimum atomic E-state index is 0.511. The molecule has 2 N–H and O–H groups in total. The number of nitrogens with zero attached hydrogens (tertiary/aromatic N) is 4. The summed E-state index contributed by atoms with van der Waals surface area (Å²) >= 11 is 3.12. The SMILES string of the molecule is CC1CCN(CCc2ncc(-c3nnc(N)s3)s2)CC1. The summed E-state index contributed by atoms with van der Waals surface area (Å²) in [6, 6.07) is 0. The first-order valence-electron chi connectivity index (χ1n) is 6.97. The summed E-state index contributed by atoms with van der Waals surface area (Å²) in [6.45, 7) is 5.91. The minimum absolute atomic E-state index is 0.511. The van der Waals surface area contributed by atoms with Crippen LogP contribution < -0.4 is 5.73 Å². The molecule has 5 nitrogen and oxygen atoms in total. The van der Waals surface area contributed by atoms with Crippen molar-refractivity contribution in [1.82, 2.24) is 20.1 Å². The fraction of sp³-hybridized carbons (Fsp3) is 0.615. The molecular weight excluding hydrogens is 290 g/mol. The summed E-state index contributed by atoms with van der Waals surface area (Å²) in [5.41, 5.74) is 5.61. The summed E-state index contributed by atoms with van der Waals surface area (Å²) in [5, 5.41) is 10.5. The van der Waals surface area contributed by atoms with Gasteiger partial charge < -0.3 is 10.6 Å². The number of hydrogen-bond donors (Lipinski definition) is 1. The molecule has 7 heteroatoms. The Morgan fingerprint density at radius 2 is 2.10 bits per heavy atom. The van der Waals surface area contributed by atoms with E-state index in [0.717, 1.165) is 28.8 Å². The van der Waals surface area contributed by atoms with Gasteiger partial charge in [-0.05, 0) is 31.8 Å². The first-order valence-corrected chi connectivity index (χ1v) is 8.60.